The summed E-state index contributed by atoms with van der Waals surface area (Å²) in [6.45, 7) is 2.34. The van der Waals surface area contributed by atoms with Gasteiger partial charge in [0.05, 0.1) is 0 Å². The Balaban J connectivity index is 2.45. The number of alkyl halides is 1. The van der Waals surface area contributed by atoms with Crippen LogP contribution in [-0.4, -0.2) is 29.3 Å². The summed E-state index contributed by atoms with van der Waals surface area (Å²) in [5.74, 6) is 0.721. The normalized spacial score (nSPS) is 18.2. The number of halogens is 1. The molecule has 0 radical (unpaired) electrons. The molecular formula is C9H16ClNO. The van der Waals surface area contributed by atoms with Gasteiger partial charge in [0.2, 0.25) is 5.91 Å². The number of carbonyl (C=O) groups excluding carboxylic acids is 1. The standard InChI is InChI=1S/C9H16ClNO/c1-8(12)11(7-6-10)9-4-2-3-5-9/h9H,2-7H2,1H3. The molecule has 0 aromatic carbocycles. The van der Waals surface area contributed by atoms with Gasteiger partial charge in [0.15, 0.2) is 0 Å². The van der Waals surface area contributed by atoms with Crippen LogP contribution in [0.5, 0.6) is 0 Å². The Morgan fingerprint density at radius 2 is 2.08 bits per heavy atom. The molecule has 0 unspecified atom stereocenters. The third-order valence-corrected chi connectivity index (χ3v) is 2.66. The van der Waals surface area contributed by atoms with Crippen LogP contribution in [0.15, 0.2) is 0 Å². The van der Waals surface area contributed by atoms with Crippen molar-refractivity contribution in [1.82, 2.24) is 4.90 Å². The van der Waals surface area contributed by atoms with E-state index in [9.17, 15) is 4.79 Å². The van der Waals surface area contributed by atoms with Gasteiger partial charge in [0, 0.05) is 25.4 Å². The first-order valence-electron chi connectivity index (χ1n) is 4.59. The van der Waals surface area contributed by atoms with Gasteiger partial charge in [-0.15, -0.1) is 11.6 Å². The van der Waals surface area contributed by atoms with Crippen LogP contribution in [0.4, 0.5) is 0 Å². The lowest BCUT2D eigenvalue weighted by Gasteiger charge is -2.26. The fraction of sp³-hybridized carbons (Fsp3) is 0.889. The van der Waals surface area contributed by atoms with Crippen LogP contribution >= 0.6 is 11.6 Å². The molecule has 1 aliphatic carbocycles. The molecule has 2 nitrogen and oxygen atoms in total. The minimum Gasteiger partial charge on any atom is -0.339 e. The molecule has 0 aromatic rings. The molecule has 3 heteroatoms. The molecule has 0 aliphatic heterocycles. The Morgan fingerprint density at radius 3 is 2.50 bits per heavy atom. The van der Waals surface area contributed by atoms with E-state index < -0.39 is 0 Å². The molecule has 1 amide bonds. The highest BCUT2D eigenvalue weighted by Crippen LogP contribution is 2.23. The van der Waals surface area contributed by atoms with E-state index in [4.69, 9.17) is 11.6 Å². The lowest BCUT2D eigenvalue weighted by atomic mass is 10.2. The highest BCUT2D eigenvalue weighted by Gasteiger charge is 2.23. The summed E-state index contributed by atoms with van der Waals surface area (Å²) in [7, 11) is 0. The van der Waals surface area contributed by atoms with Crippen LogP contribution < -0.4 is 0 Å². The SMILES string of the molecule is CC(=O)N(CCCl)C1CCCC1. The predicted octanol–water partition coefficient (Wildman–Crippen LogP) is 2.02. The second-order valence-electron chi connectivity index (χ2n) is 3.34. The Hall–Kier alpha value is -0.240. The summed E-state index contributed by atoms with van der Waals surface area (Å²) in [5.41, 5.74) is 0. The van der Waals surface area contributed by atoms with Gasteiger partial charge in [-0.1, -0.05) is 12.8 Å². The molecule has 0 heterocycles. The van der Waals surface area contributed by atoms with Gasteiger partial charge >= 0.3 is 0 Å². The van der Waals surface area contributed by atoms with E-state index in [1.807, 2.05) is 4.90 Å². The summed E-state index contributed by atoms with van der Waals surface area (Å²) in [5, 5.41) is 0. The van der Waals surface area contributed by atoms with Crippen LogP contribution in [0.2, 0.25) is 0 Å². The lowest BCUT2D eigenvalue weighted by molar-refractivity contribution is -0.130. The third kappa shape index (κ3) is 2.37. The van der Waals surface area contributed by atoms with Crippen molar-refractivity contribution >= 4 is 17.5 Å². The highest BCUT2D eigenvalue weighted by molar-refractivity contribution is 6.18. The Bertz CT molecular complexity index is 155. The number of hydrogen-bond donors (Lipinski definition) is 0. The average molecular weight is 190 g/mol. The van der Waals surface area contributed by atoms with Crippen LogP contribution in [-0.2, 0) is 4.79 Å². The number of nitrogens with zero attached hydrogens (tertiary/aromatic N) is 1. The summed E-state index contributed by atoms with van der Waals surface area (Å²) in [4.78, 5) is 13.1. The summed E-state index contributed by atoms with van der Waals surface area (Å²) < 4.78 is 0. The van der Waals surface area contributed by atoms with Gasteiger partial charge in [-0.05, 0) is 12.8 Å². The van der Waals surface area contributed by atoms with Crippen molar-refractivity contribution in [1.29, 1.82) is 0 Å². The zero-order valence-electron chi connectivity index (χ0n) is 7.55. The molecule has 12 heavy (non-hydrogen) atoms. The minimum absolute atomic E-state index is 0.169. The average Bonchev–Trinajstić information content (AvgIpc) is 2.51. The zero-order valence-corrected chi connectivity index (χ0v) is 8.31. The van der Waals surface area contributed by atoms with Gasteiger partial charge < -0.3 is 4.90 Å². The largest absolute Gasteiger partial charge is 0.339 e. The van der Waals surface area contributed by atoms with E-state index in [1.165, 1.54) is 12.8 Å². The van der Waals surface area contributed by atoms with E-state index in [2.05, 4.69) is 0 Å². The number of carbonyl (C=O) groups is 1. The maximum Gasteiger partial charge on any atom is 0.219 e. The molecule has 0 N–H and O–H groups in total. The maximum absolute atomic E-state index is 11.2. The Morgan fingerprint density at radius 1 is 1.50 bits per heavy atom. The molecule has 1 aliphatic rings. The maximum atomic E-state index is 11.2. The van der Waals surface area contributed by atoms with Crippen LogP contribution in [0.3, 0.4) is 0 Å². The first-order valence-corrected chi connectivity index (χ1v) is 5.12. The predicted molar refractivity (Wildman–Crippen MR) is 50.4 cm³/mol. The fourth-order valence-electron chi connectivity index (χ4n) is 1.90. The van der Waals surface area contributed by atoms with Crippen LogP contribution in [0.25, 0.3) is 0 Å². The van der Waals surface area contributed by atoms with Crippen molar-refractivity contribution in [2.45, 2.75) is 38.6 Å². The molecule has 70 valence electrons. The van der Waals surface area contributed by atoms with E-state index >= 15 is 0 Å². The first-order chi connectivity index (χ1) is 5.75. The Kier molecular flexibility index (Phi) is 3.86. The van der Waals surface area contributed by atoms with Crippen molar-refractivity contribution in [2.75, 3.05) is 12.4 Å². The molecular weight excluding hydrogens is 174 g/mol. The van der Waals surface area contributed by atoms with Crippen molar-refractivity contribution in [3.05, 3.63) is 0 Å². The molecule has 0 spiro atoms. The Labute approximate surface area is 78.9 Å². The van der Waals surface area contributed by atoms with Crippen LogP contribution in [0, 0.1) is 0 Å². The second-order valence-corrected chi connectivity index (χ2v) is 3.72. The monoisotopic (exact) mass is 189 g/mol. The van der Waals surface area contributed by atoms with Crippen LogP contribution in [0.1, 0.15) is 32.6 Å². The second kappa shape index (κ2) is 4.70. The van der Waals surface area contributed by atoms with Crippen molar-refractivity contribution in [2.24, 2.45) is 0 Å². The van der Waals surface area contributed by atoms with E-state index in [-0.39, 0.29) is 5.91 Å². The molecule has 0 saturated heterocycles. The molecule has 1 fully saturated rings. The van der Waals surface area contributed by atoms with Crippen molar-refractivity contribution < 1.29 is 4.79 Å². The zero-order chi connectivity index (χ0) is 8.97. The first kappa shape index (κ1) is 9.85. The summed E-state index contributed by atoms with van der Waals surface area (Å²) in [6.07, 6.45) is 4.85. The van der Waals surface area contributed by atoms with Gasteiger partial charge in [-0.3, -0.25) is 4.79 Å². The van der Waals surface area contributed by atoms with Gasteiger partial charge in [0.25, 0.3) is 0 Å². The molecule has 0 aromatic heterocycles. The summed E-state index contributed by atoms with van der Waals surface area (Å²) >= 11 is 5.62. The van der Waals surface area contributed by atoms with Crippen molar-refractivity contribution in [3.8, 4) is 0 Å². The fourth-order valence-corrected chi connectivity index (χ4v) is 2.09. The van der Waals surface area contributed by atoms with E-state index in [1.54, 1.807) is 6.92 Å². The highest BCUT2D eigenvalue weighted by atomic mass is 35.5. The third-order valence-electron chi connectivity index (χ3n) is 2.50. The number of hydrogen-bond acceptors (Lipinski definition) is 1. The van der Waals surface area contributed by atoms with Gasteiger partial charge in [-0.2, -0.15) is 0 Å². The smallest absolute Gasteiger partial charge is 0.219 e. The number of rotatable bonds is 3. The van der Waals surface area contributed by atoms with E-state index in [0.29, 0.717) is 18.5 Å². The number of amides is 1. The quantitative estimate of drug-likeness (QED) is 0.623. The topological polar surface area (TPSA) is 20.3 Å². The molecule has 0 atom stereocenters. The summed E-state index contributed by atoms with van der Waals surface area (Å²) in [6, 6.07) is 0.473. The molecule has 0 bridgehead atoms. The van der Waals surface area contributed by atoms with Crippen molar-refractivity contribution in [3.63, 3.8) is 0 Å². The molecule has 1 saturated carbocycles. The minimum atomic E-state index is 0.169. The lowest BCUT2D eigenvalue weighted by Crippen LogP contribution is -2.38. The van der Waals surface area contributed by atoms with Gasteiger partial charge in [-0.25, -0.2) is 0 Å². The van der Waals surface area contributed by atoms with Gasteiger partial charge in [0.1, 0.15) is 0 Å². The van der Waals surface area contributed by atoms with E-state index in [0.717, 1.165) is 12.8 Å². The molecule has 1 rings (SSSR count).